The van der Waals surface area contributed by atoms with E-state index in [0.29, 0.717) is 0 Å². The first-order valence-electron chi connectivity index (χ1n) is 9.93. The predicted molar refractivity (Wildman–Crippen MR) is 124 cm³/mol. The molecule has 0 saturated heterocycles. The molecular formula is C26H27IrN2O2-. The summed E-state index contributed by atoms with van der Waals surface area (Å²) in [6.07, 6.45) is 3.14. The molecule has 2 aromatic carbocycles. The second kappa shape index (κ2) is 10.0. The molecule has 0 aliphatic rings. The van der Waals surface area contributed by atoms with Gasteiger partial charge in [-0.15, -0.1) is 35.4 Å². The number of aliphatic hydroxyl groups is 1. The molecule has 4 nitrogen and oxygen atoms in total. The van der Waals surface area contributed by atoms with Crippen molar-refractivity contribution in [3.8, 4) is 11.3 Å². The van der Waals surface area contributed by atoms with Gasteiger partial charge in [0, 0.05) is 43.3 Å². The van der Waals surface area contributed by atoms with E-state index in [1.807, 2.05) is 18.3 Å². The largest absolute Gasteiger partial charge is 0.512 e. The van der Waals surface area contributed by atoms with Crippen molar-refractivity contribution in [3.63, 3.8) is 0 Å². The van der Waals surface area contributed by atoms with E-state index < -0.39 is 0 Å². The Balaban J connectivity index is 0.000000373. The van der Waals surface area contributed by atoms with E-state index in [1.54, 1.807) is 0 Å². The number of fused-ring (bicyclic) bond motifs is 3. The van der Waals surface area contributed by atoms with E-state index >= 15 is 0 Å². The van der Waals surface area contributed by atoms with Gasteiger partial charge in [0.15, 0.2) is 5.78 Å². The molecule has 0 unspecified atom stereocenters. The van der Waals surface area contributed by atoms with Gasteiger partial charge in [-0.1, -0.05) is 39.0 Å². The van der Waals surface area contributed by atoms with E-state index in [-0.39, 0.29) is 37.1 Å². The molecule has 0 aliphatic carbocycles. The maximum atomic E-state index is 10.0. The minimum atomic E-state index is -0.125. The van der Waals surface area contributed by atoms with E-state index in [2.05, 4.69) is 68.2 Å². The number of aromatic nitrogens is 2. The monoisotopic (exact) mass is 592 g/mol. The molecule has 2 N–H and O–H groups in total. The molecule has 1 radical (unpaired) electrons. The van der Waals surface area contributed by atoms with Crippen LogP contribution in [0.2, 0.25) is 0 Å². The fourth-order valence-corrected chi connectivity index (χ4v) is 3.29. The number of aliphatic hydroxyl groups excluding tert-OH is 1. The molecule has 31 heavy (non-hydrogen) atoms. The number of aromatic amines is 1. The normalized spacial score (nSPS) is 11.6. The molecule has 4 aromatic rings. The summed E-state index contributed by atoms with van der Waals surface area (Å²) in [4.78, 5) is 18.3. The van der Waals surface area contributed by atoms with E-state index in [0.717, 1.165) is 33.1 Å². The number of rotatable bonds is 2. The third-order valence-corrected chi connectivity index (χ3v) is 4.75. The molecular weight excluding hydrogens is 565 g/mol. The minimum absolute atomic E-state index is 0. The number of pyridine rings is 1. The molecule has 0 spiro atoms. The fraction of sp³-hybridized carbons (Fsp3) is 0.231. The molecule has 0 bridgehead atoms. The molecule has 2 heterocycles. The maximum Gasteiger partial charge on any atom is 0.155 e. The Kier molecular flexibility index (Phi) is 7.94. The zero-order chi connectivity index (χ0) is 21.9. The minimum Gasteiger partial charge on any atom is -0.512 e. The average Bonchev–Trinajstić information content (AvgIpc) is 3.16. The topological polar surface area (TPSA) is 66.0 Å². The average molecular weight is 592 g/mol. The van der Waals surface area contributed by atoms with Crippen LogP contribution in [0.4, 0.5) is 0 Å². The zero-order valence-corrected chi connectivity index (χ0v) is 20.8. The van der Waals surface area contributed by atoms with Gasteiger partial charge in [0.05, 0.1) is 11.3 Å². The van der Waals surface area contributed by atoms with Gasteiger partial charge < -0.3 is 10.1 Å². The number of carbonyl (C=O) groups is 1. The van der Waals surface area contributed by atoms with E-state index in [9.17, 15) is 4.79 Å². The standard InChI is InChI=1S/C21H19N2.C5H8O2.Ir/c1-21(2,3)15-10-8-14(9-11-15)19-17-12-13-22-20(17)16-6-4-5-7-18(16)23-19;1-4(6)3-5(2)7;/h4-8,10-13,22H,1-3H3;3,6H,1-2H3;/q-1;;/b;4-3-;. The van der Waals surface area contributed by atoms with Crippen LogP contribution in [0.5, 0.6) is 0 Å². The van der Waals surface area contributed by atoms with Crippen LogP contribution in [0.15, 0.2) is 66.6 Å². The first-order chi connectivity index (χ1) is 14.2. The number of para-hydroxylation sites is 1. The summed E-state index contributed by atoms with van der Waals surface area (Å²) < 4.78 is 0. The summed E-state index contributed by atoms with van der Waals surface area (Å²) in [6.45, 7) is 9.50. The number of H-pyrrole nitrogens is 1. The van der Waals surface area contributed by atoms with Crippen LogP contribution in [0.25, 0.3) is 33.1 Å². The molecule has 4 rings (SSSR count). The molecule has 2 aromatic heterocycles. The number of ketones is 1. The van der Waals surface area contributed by atoms with E-state index in [4.69, 9.17) is 10.1 Å². The van der Waals surface area contributed by atoms with Gasteiger partial charge >= 0.3 is 0 Å². The molecule has 5 heteroatoms. The van der Waals surface area contributed by atoms with Crippen molar-refractivity contribution in [1.29, 1.82) is 0 Å². The molecule has 0 atom stereocenters. The van der Waals surface area contributed by atoms with Crippen molar-refractivity contribution in [3.05, 3.63) is 78.2 Å². The summed E-state index contributed by atoms with van der Waals surface area (Å²) in [5, 5.41) is 10.7. The number of nitrogens with zero attached hydrogens (tertiary/aromatic N) is 1. The Morgan fingerprint density at radius 3 is 2.32 bits per heavy atom. The number of nitrogens with one attached hydrogen (secondary N) is 1. The van der Waals surface area contributed by atoms with Crippen LogP contribution in [0, 0.1) is 6.07 Å². The molecule has 0 aliphatic heterocycles. The van der Waals surface area contributed by atoms with Crippen molar-refractivity contribution in [2.75, 3.05) is 0 Å². The van der Waals surface area contributed by atoms with Gasteiger partial charge in [-0.2, -0.15) is 0 Å². The van der Waals surface area contributed by atoms with Gasteiger partial charge in [-0.3, -0.25) is 9.78 Å². The van der Waals surface area contributed by atoms with Crippen LogP contribution in [-0.2, 0) is 30.3 Å². The van der Waals surface area contributed by atoms with Crippen molar-refractivity contribution in [1.82, 2.24) is 9.97 Å². The second-order valence-electron chi connectivity index (χ2n) is 8.38. The van der Waals surface area contributed by atoms with Crippen LogP contribution in [-0.4, -0.2) is 20.9 Å². The van der Waals surface area contributed by atoms with Gasteiger partial charge in [-0.25, -0.2) is 0 Å². The van der Waals surface area contributed by atoms with E-state index in [1.165, 1.54) is 25.5 Å². The van der Waals surface area contributed by atoms with Gasteiger partial charge in [-0.05, 0) is 42.5 Å². The van der Waals surface area contributed by atoms with Crippen molar-refractivity contribution in [2.24, 2.45) is 0 Å². The van der Waals surface area contributed by atoms with Crippen LogP contribution < -0.4 is 0 Å². The predicted octanol–water partition coefficient (Wildman–Crippen LogP) is 6.52. The fourth-order valence-electron chi connectivity index (χ4n) is 3.29. The molecule has 0 fully saturated rings. The van der Waals surface area contributed by atoms with Gasteiger partial charge in [0.25, 0.3) is 0 Å². The first kappa shape index (κ1) is 24.5. The molecule has 163 valence electrons. The third kappa shape index (κ3) is 5.90. The number of carbonyl (C=O) groups excluding carboxylic acids is 1. The summed E-state index contributed by atoms with van der Waals surface area (Å²) in [7, 11) is 0. The summed E-state index contributed by atoms with van der Waals surface area (Å²) in [5.41, 5.74) is 5.58. The number of hydrogen-bond acceptors (Lipinski definition) is 3. The Hall–Kier alpha value is -2.75. The molecule has 0 amide bonds. The molecule has 0 saturated carbocycles. The summed E-state index contributed by atoms with van der Waals surface area (Å²) >= 11 is 0. The summed E-state index contributed by atoms with van der Waals surface area (Å²) in [6, 6.07) is 20.2. The second-order valence-corrected chi connectivity index (χ2v) is 8.38. The van der Waals surface area contributed by atoms with Crippen molar-refractivity contribution in [2.45, 2.75) is 40.0 Å². The smallest absolute Gasteiger partial charge is 0.155 e. The van der Waals surface area contributed by atoms with Gasteiger partial charge in [0.1, 0.15) is 0 Å². The van der Waals surface area contributed by atoms with Crippen LogP contribution >= 0.6 is 0 Å². The maximum absolute atomic E-state index is 10.0. The van der Waals surface area contributed by atoms with Gasteiger partial charge in [0.2, 0.25) is 0 Å². The van der Waals surface area contributed by atoms with Crippen molar-refractivity contribution >= 4 is 27.6 Å². The quantitative estimate of drug-likeness (QED) is 0.159. The Morgan fingerprint density at radius 1 is 1.06 bits per heavy atom. The van der Waals surface area contributed by atoms with Crippen molar-refractivity contribution < 1.29 is 30.0 Å². The zero-order valence-electron chi connectivity index (χ0n) is 18.4. The number of hydrogen-bond donors (Lipinski definition) is 2. The number of allylic oxidation sites excluding steroid dienone is 2. The van der Waals surface area contributed by atoms with Crippen LogP contribution in [0.1, 0.15) is 40.2 Å². The first-order valence-corrected chi connectivity index (χ1v) is 9.93. The van der Waals surface area contributed by atoms with Crippen LogP contribution in [0.3, 0.4) is 0 Å². The summed E-state index contributed by atoms with van der Waals surface area (Å²) in [5.74, 6) is -0.0625. The Bertz CT molecular complexity index is 1210. The Morgan fingerprint density at radius 2 is 1.77 bits per heavy atom. The SMILES string of the molecule is CC(=O)/C=C(/C)O.CC(C)(C)c1c[c-]c(-c2nc3ccccc3c3[nH]ccc23)cc1.[Ir]. The third-order valence-electron chi connectivity index (χ3n) is 4.75. The Labute approximate surface area is 196 Å². The number of benzene rings is 2.